The molecular weight excluding hydrogens is 258 g/mol. The number of nitrogens with zero attached hydrogens (tertiary/aromatic N) is 1. The van der Waals surface area contributed by atoms with Crippen LogP contribution in [0.1, 0.15) is 53.4 Å². The topological polar surface area (TPSA) is 30.9 Å². The van der Waals surface area contributed by atoms with Crippen LogP contribution in [-0.4, -0.2) is 46.2 Å². The fraction of sp³-hybridized carbons (Fsp3) is 1.00. The summed E-state index contributed by atoms with van der Waals surface area (Å²) in [4.78, 5) is 2.42. The van der Waals surface area contributed by atoms with E-state index in [-0.39, 0.29) is 6.23 Å². The molecule has 0 aromatic heterocycles. The molecule has 1 aliphatic rings. The van der Waals surface area contributed by atoms with Crippen LogP contribution in [0.15, 0.2) is 0 Å². The summed E-state index contributed by atoms with van der Waals surface area (Å²) in [6.45, 7) is 11.9. The second kappa shape index (κ2) is 9.08. The van der Waals surface area contributed by atoms with Gasteiger partial charge in [0.25, 0.3) is 0 Å². The first-order valence-electron chi connectivity index (χ1n) is 7.87. The van der Waals surface area contributed by atoms with Crippen molar-refractivity contribution in [3.05, 3.63) is 0 Å². The molecule has 0 saturated carbocycles. The van der Waals surface area contributed by atoms with E-state index in [2.05, 4.69) is 18.7 Å². The second-order valence-corrected chi connectivity index (χ2v) is 7.79. The summed E-state index contributed by atoms with van der Waals surface area (Å²) in [6.07, 6.45) is 5.05. The van der Waals surface area contributed by atoms with Gasteiger partial charge in [-0.25, -0.2) is 0 Å². The van der Waals surface area contributed by atoms with Gasteiger partial charge in [-0.1, -0.05) is 19.8 Å². The van der Waals surface area contributed by atoms with Gasteiger partial charge in [0.05, 0.1) is 0 Å². The van der Waals surface area contributed by atoms with Crippen molar-refractivity contribution in [2.75, 3.05) is 26.3 Å². The Morgan fingerprint density at radius 2 is 1.58 bits per heavy atom. The van der Waals surface area contributed by atoms with Crippen molar-refractivity contribution in [3.63, 3.8) is 0 Å². The van der Waals surface area contributed by atoms with Crippen LogP contribution in [0.5, 0.6) is 0 Å². The Labute approximate surface area is 119 Å². The highest BCUT2D eigenvalue weighted by Gasteiger charge is 2.42. The van der Waals surface area contributed by atoms with Gasteiger partial charge >= 0.3 is 8.80 Å². The highest BCUT2D eigenvalue weighted by atomic mass is 28.4. The van der Waals surface area contributed by atoms with Crippen LogP contribution in [0.25, 0.3) is 0 Å². The smallest absolute Gasteiger partial charge is 0.374 e. The summed E-state index contributed by atoms with van der Waals surface area (Å²) in [5, 5.41) is 0. The summed E-state index contributed by atoms with van der Waals surface area (Å²) in [5.74, 6) is 0. The summed E-state index contributed by atoms with van der Waals surface area (Å²) < 4.78 is 18.2. The van der Waals surface area contributed by atoms with Crippen LogP contribution in [0.2, 0.25) is 6.04 Å². The average Bonchev–Trinajstić information content (AvgIpc) is 2.40. The molecule has 1 heterocycles. The standard InChI is InChI=1S/C14H31NO3Si/c1-5-13-19(16-6-2,17-7-3)18-14(4)15-11-9-8-10-12-15/h14H,5-13H2,1-4H3. The van der Waals surface area contributed by atoms with E-state index in [4.69, 9.17) is 13.3 Å². The fourth-order valence-corrected chi connectivity index (χ4v) is 5.46. The van der Waals surface area contributed by atoms with E-state index in [9.17, 15) is 0 Å². The minimum Gasteiger partial charge on any atom is -0.374 e. The zero-order chi connectivity index (χ0) is 14.1. The molecule has 19 heavy (non-hydrogen) atoms. The number of piperidine rings is 1. The molecule has 0 bridgehead atoms. The van der Waals surface area contributed by atoms with Crippen LogP contribution in [0, 0.1) is 0 Å². The van der Waals surface area contributed by atoms with Crippen molar-refractivity contribution >= 4 is 8.80 Å². The Kier molecular flexibility index (Phi) is 8.17. The third-order valence-corrected chi connectivity index (χ3v) is 6.81. The molecule has 0 N–H and O–H groups in total. The van der Waals surface area contributed by atoms with Crippen molar-refractivity contribution < 1.29 is 13.3 Å². The van der Waals surface area contributed by atoms with E-state index in [1.54, 1.807) is 0 Å². The Morgan fingerprint density at radius 3 is 2.05 bits per heavy atom. The van der Waals surface area contributed by atoms with Gasteiger partial charge in [0.1, 0.15) is 6.23 Å². The highest BCUT2D eigenvalue weighted by molar-refractivity contribution is 6.60. The van der Waals surface area contributed by atoms with E-state index in [1.165, 1.54) is 19.3 Å². The molecule has 0 aromatic carbocycles. The summed E-state index contributed by atoms with van der Waals surface area (Å²) in [5.41, 5.74) is 0. The quantitative estimate of drug-likeness (QED) is 0.610. The molecule has 1 saturated heterocycles. The van der Waals surface area contributed by atoms with Gasteiger partial charge in [0.15, 0.2) is 0 Å². The monoisotopic (exact) mass is 289 g/mol. The lowest BCUT2D eigenvalue weighted by atomic mass is 10.1. The molecule has 114 valence electrons. The van der Waals surface area contributed by atoms with E-state index < -0.39 is 8.80 Å². The first-order valence-corrected chi connectivity index (χ1v) is 9.80. The van der Waals surface area contributed by atoms with Crippen molar-refractivity contribution in [1.29, 1.82) is 0 Å². The zero-order valence-corrected chi connectivity index (χ0v) is 14.1. The molecule has 0 aromatic rings. The van der Waals surface area contributed by atoms with Crippen molar-refractivity contribution in [1.82, 2.24) is 4.90 Å². The van der Waals surface area contributed by atoms with Crippen LogP contribution in [0.4, 0.5) is 0 Å². The Balaban J connectivity index is 2.62. The first-order chi connectivity index (χ1) is 9.17. The number of hydrogen-bond donors (Lipinski definition) is 0. The summed E-state index contributed by atoms with van der Waals surface area (Å²) in [7, 11) is -2.48. The normalized spacial score (nSPS) is 19.6. The van der Waals surface area contributed by atoms with Gasteiger partial charge in [-0.05, 0) is 33.6 Å². The van der Waals surface area contributed by atoms with Crippen LogP contribution >= 0.6 is 0 Å². The lowest BCUT2D eigenvalue weighted by Gasteiger charge is -2.38. The maximum atomic E-state index is 6.32. The zero-order valence-electron chi connectivity index (χ0n) is 13.1. The van der Waals surface area contributed by atoms with E-state index >= 15 is 0 Å². The van der Waals surface area contributed by atoms with Crippen molar-refractivity contribution in [2.45, 2.75) is 65.7 Å². The molecule has 0 aliphatic carbocycles. The third-order valence-electron chi connectivity index (χ3n) is 3.54. The Morgan fingerprint density at radius 1 is 1.00 bits per heavy atom. The molecule has 1 aliphatic heterocycles. The number of rotatable bonds is 9. The first kappa shape index (κ1) is 17.1. The molecular formula is C14H31NO3Si. The van der Waals surface area contributed by atoms with Gasteiger partial charge in [0, 0.05) is 32.3 Å². The number of hydrogen-bond acceptors (Lipinski definition) is 4. The Bertz CT molecular complexity index is 218. The molecule has 0 amide bonds. The lowest BCUT2D eigenvalue weighted by molar-refractivity contribution is -0.0406. The SMILES string of the molecule is CCC[Si](OCC)(OCC)OC(C)N1CCCCC1. The minimum atomic E-state index is -2.48. The molecule has 1 atom stereocenters. The van der Waals surface area contributed by atoms with Gasteiger partial charge in [-0.2, -0.15) is 0 Å². The third kappa shape index (κ3) is 5.51. The molecule has 5 heteroatoms. The van der Waals surface area contributed by atoms with E-state index in [1.807, 2.05) is 13.8 Å². The summed E-state index contributed by atoms with van der Waals surface area (Å²) in [6, 6.07) is 0.910. The fourth-order valence-electron chi connectivity index (χ4n) is 2.68. The molecule has 1 fully saturated rings. The average molecular weight is 289 g/mol. The molecule has 1 rings (SSSR count). The molecule has 4 nitrogen and oxygen atoms in total. The van der Waals surface area contributed by atoms with Crippen LogP contribution in [0.3, 0.4) is 0 Å². The van der Waals surface area contributed by atoms with Crippen LogP contribution in [-0.2, 0) is 13.3 Å². The highest BCUT2D eigenvalue weighted by Crippen LogP contribution is 2.22. The lowest BCUT2D eigenvalue weighted by Crippen LogP contribution is -2.52. The second-order valence-electron chi connectivity index (χ2n) is 5.11. The van der Waals surface area contributed by atoms with E-state index in [0.29, 0.717) is 13.2 Å². The van der Waals surface area contributed by atoms with Gasteiger partial charge in [0.2, 0.25) is 0 Å². The molecule has 0 spiro atoms. The van der Waals surface area contributed by atoms with E-state index in [0.717, 1.165) is 25.6 Å². The number of likely N-dealkylation sites (tertiary alicyclic amines) is 1. The van der Waals surface area contributed by atoms with Crippen molar-refractivity contribution in [3.8, 4) is 0 Å². The molecule has 0 radical (unpaired) electrons. The maximum Gasteiger partial charge on any atom is 0.502 e. The van der Waals surface area contributed by atoms with Gasteiger partial charge in [-0.3, -0.25) is 4.90 Å². The summed E-state index contributed by atoms with van der Waals surface area (Å²) >= 11 is 0. The largest absolute Gasteiger partial charge is 0.502 e. The van der Waals surface area contributed by atoms with Crippen molar-refractivity contribution in [2.24, 2.45) is 0 Å². The van der Waals surface area contributed by atoms with Gasteiger partial charge < -0.3 is 13.3 Å². The van der Waals surface area contributed by atoms with Gasteiger partial charge in [-0.15, -0.1) is 0 Å². The predicted molar refractivity (Wildman–Crippen MR) is 80.1 cm³/mol. The Hall–Kier alpha value is 0.0569. The maximum absolute atomic E-state index is 6.32. The minimum absolute atomic E-state index is 0.108. The molecule has 1 unspecified atom stereocenters. The van der Waals surface area contributed by atoms with Crippen LogP contribution < -0.4 is 0 Å². The predicted octanol–water partition coefficient (Wildman–Crippen LogP) is 3.26.